The van der Waals surface area contributed by atoms with E-state index in [4.69, 9.17) is 14.5 Å². The zero-order valence-electron chi connectivity index (χ0n) is 16.7. The number of likely N-dealkylation sites (tertiary alicyclic amines) is 1. The third-order valence-corrected chi connectivity index (χ3v) is 5.16. The molecule has 0 bridgehead atoms. The molecule has 146 valence electrons. The lowest BCUT2D eigenvalue weighted by atomic mass is 10.0. The van der Waals surface area contributed by atoms with Crippen LogP contribution < -0.4 is 5.32 Å². The standard InChI is InChI=1S/C19H38N4O2/c1-5-20-19(21-9-7-18(16(3)4)25-6-2)23-10-8-17(15-23)22-11-13-24-14-12-22/h16-18H,5-15H2,1-4H3,(H,20,21). The Morgan fingerprint density at radius 1 is 1.24 bits per heavy atom. The number of aliphatic imine (C=N–C) groups is 1. The summed E-state index contributed by atoms with van der Waals surface area (Å²) in [5, 5.41) is 3.47. The second kappa shape index (κ2) is 11.0. The minimum absolute atomic E-state index is 0.302. The number of hydrogen-bond acceptors (Lipinski definition) is 4. The average Bonchev–Trinajstić information content (AvgIpc) is 3.10. The third kappa shape index (κ3) is 6.42. The quantitative estimate of drug-likeness (QED) is 0.532. The summed E-state index contributed by atoms with van der Waals surface area (Å²) in [5.74, 6) is 1.60. The van der Waals surface area contributed by atoms with Crippen LogP contribution in [0.1, 0.15) is 40.5 Å². The monoisotopic (exact) mass is 354 g/mol. The van der Waals surface area contributed by atoms with Crippen molar-refractivity contribution in [1.82, 2.24) is 15.1 Å². The molecule has 0 aromatic rings. The van der Waals surface area contributed by atoms with Crippen LogP contribution in [0.2, 0.25) is 0 Å². The Morgan fingerprint density at radius 3 is 2.64 bits per heavy atom. The van der Waals surface area contributed by atoms with Gasteiger partial charge in [0.1, 0.15) is 0 Å². The lowest BCUT2D eigenvalue weighted by Gasteiger charge is -2.32. The van der Waals surface area contributed by atoms with Crippen LogP contribution in [0.4, 0.5) is 0 Å². The van der Waals surface area contributed by atoms with E-state index < -0.39 is 0 Å². The summed E-state index contributed by atoms with van der Waals surface area (Å²) in [6.07, 6.45) is 2.51. The van der Waals surface area contributed by atoms with Crippen LogP contribution in [-0.2, 0) is 9.47 Å². The van der Waals surface area contributed by atoms with Crippen molar-refractivity contribution >= 4 is 5.96 Å². The molecule has 2 aliphatic rings. The van der Waals surface area contributed by atoms with Crippen molar-refractivity contribution < 1.29 is 9.47 Å². The number of ether oxygens (including phenoxy) is 2. The molecule has 6 nitrogen and oxygen atoms in total. The van der Waals surface area contributed by atoms with E-state index in [0.29, 0.717) is 18.1 Å². The maximum atomic E-state index is 5.85. The van der Waals surface area contributed by atoms with Gasteiger partial charge in [-0.25, -0.2) is 0 Å². The van der Waals surface area contributed by atoms with E-state index in [-0.39, 0.29) is 0 Å². The fraction of sp³-hybridized carbons (Fsp3) is 0.947. The fourth-order valence-corrected chi connectivity index (χ4v) is 3.72. The predicted octanol–water partition coefficient (Wildman–Crippen LogP) is 1.81. The van der Waals surface area contributed by atoms with Crippen LogP contribution >= 0.6 is 0 Å². The first-order chi connectivity index (χ1) is 12.2. The minimum Gasteiger partial charge on any atom is -0.379 e. The van der Waals surface area contributed by atoms with E-state index in [2.05, 4.69) is 42.8 Å². The van der Waals surface area contributed by atoms with Gasteiger partial charge in [-0.2, -0.15) is 0 Å². The van der Waals surface area contributed by atoms with Crippen molar-refractivity contribution in [2.75, 3.05) is 59.1 Å². The van der Waals surface area contributed by atoms with Gasteiger partial charge in [0, 0.05) is 51.9 Å². The highest BCUT2D eigenvalue weighted by molar-refractivity contribution is 5.80. The molecule has 2 fully saturated rings. The largest absolute Gasteiger partial charge is 0.379 e. The van der Waals surface area contributed by atoms with Crippen molar-refractivity contribution in [3.05, 3.63) is 0 Å². The van der Waals surface area contributed by atoms with E-state index in [0.717, 1.165) is 71.5 Å². The Bertz CT molecular complexity index is 397. The van der Waals surface area contributed by atoms with Crippen LogP contribution in [0.3, 0.4) is 0 Å². The summed E-state index contributed by atoms with van der Waals surface area (Å²) in [6, 6.07) is 0.639. The number of guanidine groups is 1. The number of hydrogen-bond donors (Lipinski definition) is 1. The summed E-state index contributed by atoms with van der Waals surface area (Å²) in [5.41, 5.74) is 0. The van der Waals surface area contributed by atoms with Crippen LogP contribution in [0.25, 0.3) is 0 Å². The SMILES string of the molecule is CCNC(=NCCC(OCC)C(C)C)N1CCC(N2CCOCC2)C1. The molecule has 0 saturated carbocycles. The molecule has 2 saturated heterocycles. The molecular formula is C19H38N4O2. The van der Waals surface area contributed by atoms with Crippen LogP contribution in [0.15, 0.2) is 4.99 Å². The van der Waals surface area contributed by atoms with Crippen molar-refractivity contribution in [2.24, 2.45) is 10.9 Å². The molecule has 0 amide bonds. The van der Waals surface area contributed by atoms with Crippen molar-refractivity contribution in [1.29, 1.82) is 0 Å². The van der Waals surface area contributed by atoms with Crippen LogP contribution in [-0.4, -0.2) is 87.0 Å². The topological polar surface area (TPSA) is 49.3 Å². The van der Waals surface area contributed by atoms with Gasteiger partial charge < -0.3 is 19.7 Å². The summed E-state index contributed by atoms with van der Waals surface area (Å²) < 4.78 is 11.3. The van der Waals surface area contributed by atoms with E-state index >= 15 is 0 Å². The molecule has 2 heterocycles. The molecule has 2 atom stereocenters. The third-order valence-electron chi connectivity index (χ3n) is 5.16. The molecule has 25 heavy (non-hydrogen) atoms. The molecule has 0 aromatic carbocycles. The average molecular weight is 355 g/mol. The van der Waals surface area contributed by atoms with E-state index in [1.54, 1.807) is 0 Å². The van der Waals surface area contributed by atoms with Gasteiger partial charge in [0.15, 0.2) is 5.96 Å². The zero-order valence-corrected chi connectivity index (χ0v) is 16.7. The van der Waals surface area contributed by atoms with Gasteiger partial charge in [-0.15, -0.1) is 0 Å². The van der Waals surface area contributed by atoms with E-state index in [9.17, 15) is 0 Å². The second-order valence-electron chi connectivity index (χ2n) is 7.30. The second-order valence-corrected chi connectivity index (χ2v) is 7.30. The predicted molar refractivity (Wildman–Crippen MR) is 103 cm³/mol. The van der Waals surface area contributed by atoms with Gasteiger partial charge in [-0.3, -0.25) is 9.89 Å². The molecule has 1 N–H and O–H groups in total. The molecular weight excluding hydrogens is 316 g/mol. The highest BCUT2D eigenvalue weighted by Crippen LogP contribution is 2.17. The zero-order chi connectivity index (χ0) is 18.1. The maximum Gasteiger partial charge on any atom is 0.193 e. The van der Waals surface area contributed by atoms with Gasteiger partial charge in [-0.05, 0) is 32.6 Å². The summed E-state index contributed by atoms with van der Waals surface area (Å²) in [6.45, 7) is 17.2. The fourth-order valence-electron chi connectivity index (χ4n) is 3.72. The summed E-state index contributed by atoms with van der Waals surface area (Å²) in [4.78, 5) is 9.89. The maximum absolute atomic E-state index is 5.85. The molecule has 0 radical (unpaired) electrons. The van der Waals surface area contributed by atoms with E-state index in [1.165, 1.54) is 6.42 Å². The highest BCUT2D eigenvalue weighted by atomic mass is 16.5. The Labute approximate surface area is 153 Å². The normalized spacial score (nSPS) is 24.1. The summed E-state index contributed by atoms with van der Waals surface area (Å²) >= 11 is 0. The first-order valence-corrected chi connectivity index (χ1v) is 10.1. The molecule has 6 heteroatoms. The minimum atomic E-state index is 0.302. The van der Waals surface area contributed by atoms with Gasteiger partial charge in [0.05, 0.1) is 19.3 Å². The summed E-state index contributed by atoms with van der Waals surface area (Å²) in [7, 11) is 0. The molecule has 0 spiro atoms. The molecule has 2 aliphatic heterocycles. The van der Waals surface area contributed by atoms with Crippen molar-refractivity contribution in [2.45, 2.75) is 52.7 Å². The highest BCUT2D eigenvalue weighted by Gasteiger charge is 2.30. The first kappa shape index (κ1) is 20.5. The smallest absolute Gasteiger partial charge is 0.193 e. The molecule has 2 unspecified atom stereocenters. The van der Waals surface area contributed by atoms with Gasteiger partial charge >= 0.3 is 0 Å². The number of nitrogens with one attached hydrogen (secondary N) is 1. The number of morpholine rings is 1. The van der Waals surface area contributed by atoms with Crippen molar-refractivity contribution in [3.63, 3.8) is 0 Å². The molecule has 2 rings (SSSR count). The van der Waals surface area contributed by atoms with Gasteiger partial charge in [-0.1, -0.05) is 13.8 Å². The Balaban J connectivity index is 1.86. The number of rotatable bonds is 8. The lowest BCUT2D eigenvalue weighted by molar-refractivity contribution is 0.0194. The Hall–Kier alpha value is -0.850. The lowest BCUT2D eigenvalue weighted by Crippen LogP contribution is -2.46. The van der Waals surface area contributed by atoms with E-state index in [1.807, 2.05) is 0 Å². The number of nitrogens with zero attached hydrogens (tertiary/aromatic N) is 3. The van der Waals surface area contributed by atoms with Crippen LogP contribution in [0.5, 0.6) is 0 Å². The Morgan fingerprint density at radius 2 is 2.00 bits per heavy atom. The molecule has 0 aliphatic carbocycles. The van der Waals surface area contributed by atoms with Gasteiger partial charge in [0.25, 0.3) is 0 Å². The van der Waals surface area contributed by atoms with Crippen molar-refractivity contribution in [3.8, 4) is 0 Å². The first-order valence-electron chi connectivity index (χ1n) is 10.1. The Kier molecular flexibility index (Phi) is 8.99. The van der Waals surface area contributed by atoms with Gasteiger partial charge in [0.2, 0.25) is 0 Å². The van der Waals surface area contributed by atoms with Crippen LogP contribution in [0, 0.1) is 5.92 Å². The molecule has 0 aromatic heterocycles.